The predicted octanol–water partition coefficient (Wildman–Crippen LogP) is 0.471. The topological polar surface area (TPSA) is 110 Å². The minimum Gasteiger partial charge on any atom is -0.480 e. The van der Waals surface area contributed by atoms with Crippen LogP contribution in [0.2, 0.25) is 0 Å². The molecule has 3 unspecified atom stereocenters. The highest BCUT2D eigenvalue weighted by Crippen LogP contribution is 2.46. The fourth-order valence-corrected chi connectivity index (χ4v) is 3.51. The lowest BCUT2D eigenvalue weighted by Crippen LogP contribution is -2.60. The standard InChI is InChI=1S/C14H24N2O3/c15-6-2-1-5-14(16,13(18)19)12(17)11-8-9-3-4-10(11)7-9/h3-4,9-12,17H,1-2,5-8,15-16H2,(H,18,19)/t9?,10?,11?,12-,14-/m1/s1. The summed E-state index contributed by atoms with van der Waals surface area (Å²) in [6.45, 7) is 0.517. The zero-order valence-corrected chi connectivity index (χ0v) is 11.2. The fraction of sp³-hybridized carbons (Fsp3) is 0.786. The lowest BCUT2D eigenvalue weighted by molar-refractivity contribution is -0.150. The number of allylic oxidation sites excluding steroid dienone is 2. The van der Waals surface area contributed by atoms with Crippen LogP contribution in [0, 0.1) is 17.8 Å². The maximum absolute atomic E-state index is 11.5. The highest BCUT2D eigenvalue weighted by Gasteiger charge is 2.50. The van der Waals surface area contributed by atoms with Crippen molar-refractivity contribution in [2.24, 2.45) is 29.2 Å². The smallest absolute Gasteiger partial charge is 0.326 e. The molecule has 2 aliphatic carbocycles. The number of aliphatic hydroxyl groups is 1. The summed E-state index contributed by atoms with van der Waals surface area (Å²) in [5.41, 5.74) is 9.90. The van der Waals surface area contributed by atoms with Crippen LogP contribution in [0.25, 0.3) is 0 Å². The number of rotatable bonds is 7. The third-order valence-corrected chi connectivity index (χ3v) is 4.71. The van der Waals surface area contributed by atoms with Gasteiger partial charge in [0.1, 0.15) is 5.54 Å². The van der Waals surface area contributed by atoms with Crippen molar-refractivity contribution in [2.75, 3.05) is 6.54 Å². The van der Waals surface area contributed by atoms with Gasteiger partial charge in [-0.2, -0.15) is 0 Å². The fourth-order valence-electron chi connectivity index (χ4n) is 3.51. The van der Waals surface area contributed by atoms with Gasteiger partial charge in [-0.1, -0.05) is 12.2 Å². The van der Waals surface area contributed by atoms with E-state index >= 15 is 0 Å². The van der Waals surface area contributed by atoms with Crippen LogP contribution in [0.5, 0.6) is 0 Å². The molecule has 0 aromatic rings. The van der Waals surface area contributed by atoms with Crippen LogP contribution < -0.4 is 11.5 Å². The van der Waals surface area contributed by atoms with Crippen LogP contribution in [0.1, 0.15) is 32.1 Å². The molecular formula is C14H24N2O3. The molecule has 0 spiro atoms. The van der Waals surface area contributed by atoms with E-state index in [1.807, 2.05) is 0 Å². The summed E-state index contributed by atoms with van der Waals surface area (Å²) in [6, 6.07) is 0. The van der Waals surface area contributed by atoms with E-state index in [9.17, 15) is 15.0 Å². The Labute approximate surface area is 113 Å². The Hall–Kier alpha value is -0.910. The van der Waals surface area contributed by atoms with E-state index in [2.05, 4.69) is 12.2 Å². The van der Waals surface area contributed by atoms with Crippen molar-refractivity contribution in [2.45, 2.75) is 43.7 Å². The molecule has 2 rings (SSSR count). The average Bonchev–Trinajstić information content (AvgIpc) is 2.99. The average molecular weight is 268 g/mol. The largest absolute Gasteiger partial charge is 0.480 e. The zero-order valence-electron chi connectivity index (χ0n) is 11.2. The molecule has 0 aromatic carbocycles. The molecule has 2 bridgehead atoms. The summed E-state index contributed by atoms with van der Waals surface area (Å²) in [4.78, 5) is 11.5. The van der Waals surface area contributed by atoms with Crippen LogP contribution in [0.15, 0.2) is 12.2 Å². The molecule has 19 heavy (non-hydrogen) atoms. The number of hydrogen-bond donors (Lipinski definition) is 4. The van der Waals surface area contributed by atoms with Crippen LogP contribution in [-0.4, -0.2) is 34.4 Å². The molecule has 6 N–H and O–H groups in total. The number of carboxylic acid groups (broad SMARTS) is 1. The van der Waals surface area contributed by atoms with Crippen molar-refractivity contribution in [3.05, 3.63) is 12.2 Å². The molecule has 1 saturated carbocycles. The van der Waals surface area contributed by atoms with E-state index in [1.54, 1.807) is 0 Å². The van der Waals surface area contributed by atoms with Gasteiger partial charge in [0.15, 0.2) is 0 Å². The Kier molecular flexibility index (Phi) is 4.28. The van der Waals surface area contributed by atoms with Gasteiger partial charge in [0.2, 0.25) is 0 Å². The lowest BCUT2D eigenvalue weighted by atomic mass is 9.76. The summed E-state index contributed by atoms with van der Waals surface area (Å²) < 4.78 is 0. The summed E-state index contributed by atoms with van der Waals surface area (Å²) in [6.07, 6.45) is 6.81. The highest BCUT2D eigenvalue weighted by molar-refractivity contribution is 5.79. The second kappa shape index (κ2) is 5.61. The Bertz CT molecular complexity index is 372. The van der Waals surface area contributed by atoms with Gasteiger partial charge in [0.25, 0.3) is 0 Å². The van der Waals surface area contributed by atoms with Crippen molar-refractivity contribution in [3.63, 3.8) is 0 Å². The first-order chi connectivity index (χ1) is 8.99. The van der Waals surface area contributed by atoms with Gasteiger partial charge in [-0.15, -0.1) is 0 Å². The molecule has 0 amide bonds. The van der Waals surface area contributed by atoms with Crippen molar-refractivity contribution >= 4 is 5.97 Å². The van der Waals surface area contributed by atoms with E-state index < -0.39 is 17.6 Å². The van der Waals surface area contributed by atoms with Gasteiger partial charge in [0.05, 0.1) is 6.10 Å². The molecule has 108 valence electrons. The van der Waals surface area contributed by atoms with E-state index in [-0.39, 0.29) is 18.3 Å². The third-order valence-electron chi connectivity index (χ3n) is 4.71. The maximum Gasteiger partial charge on any atom is 0.326 e. The first kappa shape index (κ1) is 14.5. The Morgan fingerprint density at radius 1 is 1.37 bits per heavy atom. The Morgan fingerprint density at radius 3 is 2.58 bits per heavy atom. The van der Waals surface area contributed by atoms with Gasteiger partial charge in [-0.25, -0.2) is 0 Å². The monoisotopic (exact) mass is 268 g/mol. The molecule has 0 aromatic heterocycles. The number of carboxylic acids is 1. The quantitative estimate of drug-likeness (QED) is 0.396. The molecule has 2 aliphatic rings. The van der Waals surface area contributed by atoms with Gasteiger partial charge >= 0.3 is 5.97 Å². The van der Waals surface area contributed by atoms with Crippen LogP contribution in [0.3, 0.4) is 0 Å². The minimum atomic E-state index is -1.54. The lowest BCUT2D eigenvalue weighted by Gasteiger charge is -2.36. The van der Waals surface area contributed by atoms with E-state index in [0.29, 0.717) is 18.9 Å². The minimum absolute atomic E-state index is 0.0195. The number of aliphatic carboxylic acids is 1. The molecule has 1 fully saturated rings. The van der Waals surface area contributed by atoms with E-state index in [4.69, 9.17) is 11.5 Å². The van der Waals surface area contributed by atoms with Crippen LogP contribution in [0.4, 0.5) is 0 Å². The number of aliphatic hydroxyl groups excluding tert-OH is 1. The van der Waals surface area contributed by atoms with Crippen molar-refractivity contribution in [3.8, 4) is 0 Å². The van der Waals surface area contributed by atoms with Gasteiger partial charge in [-0.05, 0) is 56.4 Å². The number of hydrogen-bond acceptors (Lipinski definition) is 4. The van der Waals surface area contributed by atoms with Crippen molar-refractivity contribution in [1.82, 2.24) is 0 Å². The van der Waals surface area contributed by atoms with E-state index in [1.165, 1.54) is 0 Å². The molecule has 0 saturated heterocycles. The van der Waals surface area contributed by atoms with Crippen LogP contribution in [-0.2, 0) is 4.79 Å². The van der Waals surface area contributed by atoms with Gasteiger partial charge < -0.3 is 21.7 Å². The molecular weight excluding hydrogens is 244 g/mol. The second-order valence-corrected chi connectivity index (χ2v) is 5.98. The molecule has 0 radical (unpaired) electrons. The Balaban J connectivity index is 2.05. The first-order valence-electron chi connectivity index (χ1n) is 7.07. The molecule has 0 aliphatic heterocycles. The van der Waals surface area contributed by atoms with Crippen LogP contribution >= 0.6 is 0 Å². The summed E-state index contributed by atoms with van der Waals surface area (Å²) in [7, 11) is 0. The van der Waals surface area contributed by atoms with Crippen molar-refractivity contribution in [1.29, 1.82) is 0 Å². The number of unbranched alkanes of at least 4 members (excludes halogenated alkanes) is 1. The maximum atomic E-state index is 11.5. The zero-order chi connectivity index (χ0) is 14.0. The predicted molar refractivity (Wildman–Crippen MR) is 72.3 cm³/mol. The normalized spacial score (nSPS) is 33.3. The second-order valence-electron chi connectivity index (χ2n) is 5.98. The summed E-state index contributed by atoms with van der Waals surface area (Å²) in [5, 5.41) is 19.9. The molecule has 5 heteroatoms. The first-order valence-corrected chi connectivity index (χ1v) is 7.07. The number of carbonyl (C=O) groups is 1. The van der Waals surface area contributed by atoms with Crippen molar-refractivity contribution < 1.29 is 15.0 Å². The Morgan fingerprint density at radius 2 is 2.11 bits per heavy atom. The van der Waals surface area contributed by atoms with E-state index in [0.717, 1.165) is 19.3 Å². The molecule has 0 heterocycles. The SMILES string of the molecule is NCCCC[C@](N)(C(=O)O)[C@H](O)C1CC2C=CC1C2. The van der Waals surface area contributed by atoms with Gasteiger partial charge in [-0.3, -0.25) is 4.79 Å². The highest BCUT2D eigenvalue weighted by atomic mass is 16.4. The number of nitrogens with two attached hydrogens (primary N) is 2. The van der Waals surface area contributed by atoms with Gasteiger partial charge in [0, 0.05) is 0 Å². The summed E-state index contributed by atoms with van der Waals surface area (Å²) >= 11 is 0. The molecule has 5 nitrogen and oxygen atoms in total. The number of fused-ring (bicyclic) bond motifs is 2. The molecule has 5 atom stereocenters. The summed E-state index contributed by atoms with van der Waals surface area (Å²) in [5.74, 6) is -0.346. The third kappa shape index (κ3) is 2.68.